The van der Waals surface area contributed by atoms with Crippen LogP contribution in [0.3, 0.4) is 0 Å². The summed E-state index contributed by atoms with van der Waals surface area (Å²) in [5.74, 6) is 0.126. The van der Waals surface area contributed by atoms with Gasteiger partial charge in [-0.3, -0.25) is 0 Å². The molecule has 4 heterocycles. The minimum absolute atomic E-state index is 0.0756. The molecule has 0 aliphatic carbocycles. The van der Waals surface area contributed by atoms with Crippen molar-refractivity contribution in [2.24, 2.45) is 0 Å². The zero-order chi connectivity index (χ0) is 45.9. The molecule has 0 spiro atoms. The van der Waals surface area contributed by atoms with Gasteiger partial charge in [0.2, 0.25) is 11.6 Å². The average molecular weight is 875 g/mol. The first-order valence-electron chi connectivity index (χ1n) is 21.5. The van der Waals surface area contributed by atoms with Crippen LogP contribution in [0, 0.1) is 0 Å². The van der Waals surface area contributed by atoms with Gasteiger partial charge in [-0.05, 0) is 84.3 Å². The summed E-state index contributed by atoms with van der Waals surface area (Å²) >= 11 is 0. The molecular formula is C48H50N12O5. The van der Waals surface area contributed by atoms with Crippen molar-refractivity contribution in [2.45, 2.75) is 91.5 Å². The largest absolute Gasteiger partial charge is 0.477 e. The Hall–Kier alpha value is -7.66. The molecule has 4 aromatic heterocycles. The topological polar surface area (TPSA) is 228 Å². The van der Waals surface area contributed by atoms with Crippen molar-refractivity contribution in [2.75, 3.05) is 0 Å². The van der Waals surface area contributed by atoms with E-state index in [-0.39, 0.29) is 35.9 Å². The Balaban J connectivity index is 1.11. The molecule has 8 aromatic rings. The number of imidazole rings is 2. The minimum atomic E-state index is -1.54. The summed E-state index contributed by atoms with van der Waals surface area (Å²) in [4.78, 5) is 37.8. The molecule has 0 saturated carbocycles. The zero-order valence-electron chi connectivity index (χ0n) is 37.1. The van der Waals surface area contributed by atoms with Crippen LogP contribution in [-0.4, -0.2) is 82.5 Å². The van der Waals surface area contributed by atoms with E-state index in [2.05, 4.69) is 41.2 Å². The lowest BCUT2D eigenvalue weighted by atomic mass is 9.98. The van der Waals surface area contributed by atoms with E-state index in [1.165, 1.54) is 0 Å². The van der Waals surface area contributed by atoms with Gasteiger partial charge in [0, 0.05) is 37.1 Å². The highest BCUT2D eigenvalue weighted by molar-refractivity contribution is 5.91. The zero-order valence-corrected chi connectivity index (χ0v) is 37.1. The number of carboxylic acids is 1. The van der Waals surface area contributed by atoms with Crippen LogP contribution < -0.4 is 0 Å². The number of aromatic nitrogens is 12. The Kier molecular flexibility index (Phi) is 12.3. The minimum Gasteiger partial charge on any atom is -0.477 e. The fourth-order valence-corrected chi connectivity index (χ4v) is 8.12. The van der Waals surface area contributed by atoms with Crippen LogP contribution in [0.2, 0.25) is 0 Å². The van der Waals surface area contributed by atoms with Gasteiger partial charge in [-0.15, -0.1) is 20.4 Å². The maximum absolute atomic E-state index is 14.7. The van der Waals surface area contributed by atoms with Gasteiger partial charge in [0.25, 0.3) is 0 Å². The number of carbonyl (C=O) groups excluding carboxylic acids is 1. The molecule has 0 atom stereocenters. The van der Waals surface area contributed by atoms with E-state index < -0.39 is 23.1 Å². The van der Waals surface area contributed by atoms with Gasteiger partial charge in [0.15, 0.2) is 17.0 Å². The molecule has 332 valence electrons. The fraction of sp³-hybridized carbons (Fsp3) is 0.292. The summed E-state index contributed by atoms with van der Waals surface area (Å²) in [6.45, 7) is 10.9. The molecule has 0 radical (unpaired) electrons. The second-order valence-electron chi connectivity index (χ2n) is 16.8. The Morgan fingerprint density at radius 2 is 1.05 bits per heavy atom. The summed E-state index contributed by atoms with van der Waals surface area (Å²) in [5, 5.41) is 51.4. The molecular weight excluding hydrogens is 825 g/mol. The first kappa shape index (κ1) is 44.0. The molecule has 0 aliphatic rings. The van der Waals surface area contributed by atoms with Crippen LogP contribution in [0.5, 0.6) is 0 Å². The monoisotopic (exact) mass is 874 g/mol. The first-order valence-corrected chi connectivity index (χ1v) is 21.5. The predicted octanol–water partition coefficient (Wildman–Crippen LogP) is 7.79. The molecule has 17 nitrogen and oxygen atoms in total. The van der Waals surface area contributed by atoms with Crippen molar-refractivity contribution in [3.05, 3.63) is 143 Å². The van der Waals surface area contributed by atoms with Crippen LogP contribution >= 0.6 is 0 Å². The number of nitrogens with one attached hydrogen (secondary N) is 2. The number of hydrogen-bond acceptors (Lipinski definition) is 12. The highest BCUT2D eigenvalue weighted by Gasteiger charge is 2.40. The standard InChI is InChI=1S/C48H50N12O5/c1-7-13-37-49-41(47(3,4)64)40(60(37)28-30-21-25-32(26-22-30)34-16-10-12-18-36(34)44-53-57-58-54-44)46(63)65-48(5,6)42-39(45(61)62)59(38(50-42)14-8-2)27-29-19-23-31(24-20-29)33-15-9-11-17-35(33)43-51-55-56-52-43/h9-12,15-26,64H,7-8,13-14,27-28H2,1-6H3,(H,61,62)(H,51,52,55,56)(H,53,54,57,58). The number of aromatic amines is 2. The average Bonchev–Trinajstić information content (AvgIpc) is 4.13. The quantitative estimate of drug-likeness (QED) is 0.0641. The lowest BCUT2D eigenvalue weighted by Crippen LogP contribution is -2.31. The first-order chi connectivity index (χ1) is 31.3. The van der Waals surface area contributed by atoms with Gasteiger partial charge in [-0.2, -0.15) is 10.4 Å². The number of carbonyl (C=O) groups is 2. The van der Waals surface area contributed by atoms with Crippen LogP contribution in [0.4, 0.5) is 0 Å². The van der Waals surface area contributed by atoms with Crippen LogP contribution in [0.25, 0.3) is 45.0 Å². The van der Waals surface area contributed by atoms with E-state index in [0.29, 0.717) is 42.6 Å². The molecule has 4 N–H and O–H groups in total. The Labute approximate surface area is 375 Å². The number of rotatable bonds is 17. The van der Waals surface area contributed by atoms with E-state index in [4.69, 9.17) is 14.7 Å². The lowest BCUT2D eigenvalue weighted by molar-refractivity contribution is -0.00819. The van der Waals surface area contributed by atoms with Gasteiger partial charge in [-0.1, -0.05) is 111 Å². The number of aryl methyl sites for hydroxylation is 2. The lowest BCUT2D eigenvalue weighted by Gasteiger charge is -2.26. The molecule has 8 rings (SSSR count). The van der Waals surface area contributed by atoms with Gasteiger partial charge < -0.3 is 24.1 Å². The second-order valence-corrected chi connectivity index (χ2v) is 16.8. The van der Waals surface area contributed by atoms with Crippen molar-refractivity contribution in [1.29, 1.82) is 0 Å². The summed E-state index contributed by atoms with van der Waals surface area (Å²) in [6, 6.07) is 31.3. The third-order valence-electron chi connectivity index (χ3n) is 11.2. The van der Waals surface area contributed by atoms with Crippen molar-refractivity contribution >= 4 is 11.9 Å². The van der Waals surface area contributed by atoms with Crippen LogP contribution in [-0.2, 0) is 41.9 Å². The highest BCUT2D eigenvalue weighted by atomic mass is 16.6. The predicted molar refractivity (Wildman–Crippen MR) is 241 cm³/mol. The number of hydrogen-bond donors (Lipinski definition) is 4. The van der Waals surface area contributed by atoms with Gasteiger partial charge >= 0.3 is 11.9 Å². The third kappa shape index (κ3) is 9.08. The molecule has 0 aliphatic heterocycles. The molecule has 0 bridgehead atoms. The molecule has 0 unspecified atom stereocenters. The van der Waals surface area contributed by atoms with E-state index in [9.17, 15) is 19.8 Å². The summed E-state index contributed by atoms with van der Waals surface area (Å²) in [6.07, 6.45) is 2.43. The van der Waals surface area contributed by atoms with Crippen molar-refractivity contribution in [1.82, 2.24) is 60.4 Å². The Morgan fingerprint density at radius 3 is 1.45 bits per heavy atom. The number of carboxylic acid groups (broad SMARTS) is 1. The number of H-pyrrole nitrogens is 2. The smallest absolute Gasteiger partial charge is 0.357 e. The molecule has 0 amide bonds. The number of esters is 1. The van der Waals surface area contributed by atoms with Gasteiger partial charge in [0.1, 0.15) is 28.6 Å². The Bertz CT molecular complexity index is 2930. The second kappa shape index (κ2) is 18.2. The van der Waals surface area contributed by atoms with E-state index in [1.807, 2.05) is 111 Å². The number of tetrazole rings is 2. The van der Waals surface area contributed by atoms with Gasteiger partial charge in [0.05, 0.1) is 0 Å². The third-order valence-corrected chi connectivity index (χ3v) is 11.2. The molecule has 0 saturated heterocycles. The molecule has 65 heavy (non-hydrogen) atoms. The molecule has 4 aromatic carbocycles. The summed E-state index contributed by atoms with van der Waals surface area (Å²) < 4.78 is 9.83. The molecule has 0 fully saturated rings. The number of ether oxygens (including phenoxy) is 1. The summed E-state index contributed by atoms with van der Waals surface area (Å²) in [5.41, 5.74) is 4.25. The fourth-order valence-electron chi connectivity index (χ4n) is 8.12. The van der Waals surface area contributed by atoms with Gasteiger partial charge in [-0.25, -0.2) is 19.6 Å². The maximum atomic E-state index is 14.7. The van der Waals surface area contributed by atoms with Crippen LogP contribution in [0.15, 0.2) is 97.1 Å². The van der Waals surface area contributed by atoms with Crippen molar-refractivity contribution < 1.29 is 24.5 Å². The highest BCUT2D eigenvalue weighted by Crippen LogP contribution is 2.35. The number of benzene rings is 4. The number of aromatic carboxylic acids is 1. The number of aliphatic hydroxyl groups is 1. The van der Waals surface area contributed by atoms with Crippen molar-refractivity contribution in [3.8, 4) is 45.0 Å². The van der Waals surface area contributed by atoms with Crippen molar-refractivity contribution in [3.63, 3.8) is 0 Å². The number of nitrogens with zero attached hydrogens (tertiary/aromatic N) is 10. The van der Waals surface area contributed by atoms with E-state index in [0.717, 1.165) is 50.9 Å². The summed E-state index contributed by atoms with van der Waals surface area (Å²) in [7, 11) is 0. The molecule has 17 heteroatoms. The normalized spacial score (nSPS) is 11.9. The van der Waals surface area contributed by atoms with E-state index >= 15 is 0 Å². The van der Waals surface area contributed by atoms with E-state index in [1.54, 1.807) is 36.8 Å². The Morgan fingerprint density at radius 1 is 0.615 bits per heavy atom. The maximum Gasteiger partial charge on any atom is 0.357 e. The van der Waals surface area contributed by atoms with Crippen LogP contribution in [0.1, 0.15) is 110 Å². The SMILES string of the molecule is CCCc1nc(C(C)(C)O)c(C(=O)OC(C)(C)c2nc(CCC)n(Cc3ccc(-c4ccccc4-c4nn[nH]n4)cc3)c2C(=O)O)n1Cc1ccc(-c2ccccc2-c2nn[nH]n2)cc1.